The van der Waals surface area contributed by atoms with Gasteiger partial charge in [0.2, 0.25) is 0 Å². The van der Waals surface area contributed by atoms with Crippen LogP contribution >= 0.6 is 0 Å². The summed E-state index contributed by atoms with van der Waals surface area (Å²) in [6.45, 7) is 2.13. The van der Waals surface area contributed by atoms with Gasteiger partial charge in [0.1, 0.15) is 6.29 Å². The second-order valence-corrected chi connectivity index (χ2v) is 9.07. The number of hydrogen-bond acceptors (Lipinski definition) is 3. The molecule has 0 N–H and O–H groups in total. The summed E-state index contributed by atoms with van der Waals surface area (Å²) < 4.78 is 0. The summed E-state index contributed by atoms with van der Waals surface area (Å²) in [5.41, 5.74) is 8.70. The highest BCUT2D eigenvalue weighted by atomic mass is 16.1. The van der Waals surface area contributed by atoms with Crippen LogP contribution in [0, 0.1) is 0 Å². The van der Waals surface area contributed by atoms with Crippen LogP contribution in [0.3, 0.4) is 0 Å². The lowest BCUT2D eigenvalue weighted by Crippen LogP contribution is -2.13. The molecule has 2 aromatic rings. The van der Waals surface area contributed by atoms with Crippen molar-refractivity contribution in [2.24, 2.45) is 0 Å². The van der Waals surface area contributed by atoms with Crippen molar-refractivity contribution < 1.29 is 14.4 Å². The molecule has 0 radical (unpaired) electrons. The summed E-state index contributed by atoms with van der Waals surface area (Å²) in [6, 6.07) is 8.55. The van der Waals surface area contributed by atoms with E-state index in [0.717, 1.165) is 50.8 Å². The Balaban J connectivity index is 1.45. The molecule has 0 heterocycles. The van der Waals surface area contributed by atoms with Crippen LogP contribution in [0.4, 0.5) is 0 Å². The Morgan fingerprint density at radius 1 is 0.621 bits per heavy atom. The molecule has 5 aliphatic rings. The number of hydrogen-bond donors (Lipinski definition) is 0. The molecule has 0 spiro atoms. The van der Waals surface area contributed by atoms with Crippen LogP contribution in [0.15, 0.2) is 48.6 Å². The molecule has 3 nitrogen and oxygen atoms in total. The van der Waals surface area contributed by atoms with Crippen molar-refractivity contribution in [3.63, 3.8) is 0 Å². The smallest absolute Gasteiger partial charge is 0.156 e. The first-order valence-corrected chi connectivity index (χ1v) is 10.3. The zero-order valence-electron chi connectivity index (χ0n) is 15.9. The van der Waals surface area contributed by atoms with E-state index in [-0.39, 0.29) is 47.1 Å². The minimum atomic E-state index is -0.257. The molecule has 0 aromatic heterocycles. The van der Waals surface area contributed by atoms with Crippen LogP contribution in [0.1, 0.15) is 86.9 Å². The first-order valence-electron chi connectivity index (χ1n) is 10.3. The van der Waals surface area contributed by atoms with Gasteiger partial charge >= 0.3 is 0 Å². The number of fused-ring (bicyclic) bond motifs is 14. The Morgan fingerprint density at radius 2 is 1.14 bits per heavy atom. The number of carbonyl (C=O) groups excluding carboxylic acids is 3. The first-order chi connectivity index (χ1) is 14.1. The molecule has 0 aliphatic heterocycles. The lowest BCUT2D eigenvalue weighted by Gasteiger charge is -2.27. The number of benzene rings is 2. The number of Topliss-reactive ketones (excluding diaryl/α,β-unsaturated/α-hetero) is 2. The second kappa shape index (κ2) is 4.91. The fraction of sp³-hybridized carbons (Fsp3) is 0.269. The molecule has 0 fully saturated rings. The van der Waals surface area contributed by atoms with E-state index in [1.54, 1.807) is 0 Å². The number of carbonyl (C=O) groups is 3. The lowest BCUT2D eigenvalue weighted by atomic mass is 9.76. The Bertz CT molecular complexity index is 1260. The Morgan fingerprint density at radius 3 is 1.69 bits per heavy atom. The lowest BCUT2D eigenvalue weighted by molar-refractivity contribution is -0.119. The van der Waals surface area contributed by atoms with E-state index in [0.29, 0.717) is 0 Å². The van der Waals surface area contributed by atoms with Crippen LogP contribution in [0.2, 0.25) is 0 Å². The quantitative estimate of drug-likeness (QED) is 0.554. The maximum Gasteiger partial charge on any atom is 0.156 e. The van der Waals surface area contributed by atoms with Gasteiger partial charge in [-0.1, -0.05) is 55.5 Å². The third-order valence-corrected chi connectivity index (χ3v) is 7.77. The third-order valence-electron chi connectivity index (χ3n) is 7.77. The SMILES string of the molecule is CC1C=CC(C=O)c2cc3c(cc21)C1C(=O)C3c2cc3c(cc21)C1C=CC3C1=O. The second-order valence-electron chi connectivity index (χ2n) is 9.07. The summed E-state index contributed by atoms with van der Waals surface area (Å²) in [5.74, 6) is -0.240. The summed E-state index contributed by atoms with van der Waals surface area (Å²) in [5, 5.41) is 0. The van der Waals surface area contributed by atoms with Gasteiger partial charge in [0.05, 0.1) is 29.6 Å². The average molecular weight is 378 g/mol. The molecule has 0 saturated carbocycles. The van der Waals surface area contributed by atoms with Crippen LogP contribution in [0.5, 0.6) is 0 Å². The van der Waals surface area contributed by atoms with Gasteiger partial charge in [-0.2, -0.15) is 0 Å². The molecule has 6 atom stereocenters. The van der Waals surface area contributed by atoms with E-state index in [2.05, 4.69) is 37.3 Å². The Kier molecular flexibility index (Phi) is 2.68. The molecule has 29 heavy (non-hydrogen) atoms. The highest BCUT2D eigenvalue weighted by Gasteiger charge is 2.52. The summed E-state index contributed by atoms with van der Waals surface area (Å²) in [7, 11) is 0. The number of allylic oxidation sites excluding steroid dienone is 4. The van der Waals surface area contributed by atoms with Crippen molar-refractivity contribution in [2.75, 3.05) is 0 Å². The van der Waals surface area contributed by atoms with Crippen LogP contribution in [0.25, 0.3) is 0 Å². The van der Waals surface area contributed by atoms with Gasteiger partial charge in [0.15, 0.2) is 11.6 Å². The zero-order valence-corrected chi connectivity index (χ0v) is 15.9. The highest BCUT2D eigenvalue weighted by Crippen LogP contribution is 2.58. The normalized spacial score (nSPS) is 33.7. The highest BCUT2D eigenvalue weighted by molar-refractivity contribution is 6.08. The van der Waals surface area contributed by atoms with Gasteiger partial charge in [-0.3, -0.25) is 9.59 Å². The number of ketones is 2. The third kappa shape index (κ3) is 1.66. The predicted octanol–water partition coefficient (Wildman–Crippen LogP) is 4.12. The minimum Gasteiger partial charge on any atom is -0.302 e. The standard InChI is InChI=1S/C26H18O3/c1-11-2-3-12(10-27)16-7-20-19(6-15(11)16)23-21-8-17-13-4-5-14(25(13)28)18(17)9-22(21)24(20)26(23)29/h2-14,23-24H,1H3. The van der Waals surface area contributed by atoms with E-state index in [9.17, 15) is 14.4 Å². The van der Waals surface area contributed by atoms with Gasteiger partial charge in [-0.25, -0.2) is 0 Å². The monoisotopic (exact) mass is 378 g/mol. The largest absolute Gasteiger partial charge is 0.302 e. The molecule has 0 amide bonds. The fourth-order valence-corrected chi connectivity index (χ4v) is 6.40. The molecule has 4 bridgehead atoms. The van der Waals surface area contributed by atoms with Gasteiger partial charge < -0.3 is 4.79 Å². The van der Waals surface area contributed by atoms with E-state index in [1.165, 1.54) is 0 Å². The number of aldehydes is 1. The summed E-state index contributed by atoms with van der Waals surface area (Å²) in [6.07, 6.45) is 9.05. The molecule has 5 aliphatic carbocycles. The minimum absolute atomic E-state index is 0.129. The number of rotatable bonds is 1. The molecule has 6 unspecified atom stereocenters. The van der Waals surface area contributed by atoms with Gasteiger partial charge in [0.25, 0.3) is 0 Å². The predicted molar refractivity (Wildman–Crippen MR) is 108 cm³/mol. The van der Waals surface area contributed by atoms with Crippen molar-refractivity contribution in [3.05, 3.63) is 93.1 Å². The fourth-order valence-electron chi connectivity index (χ4n) is 6.40. The van der Waals surface area contributed by atoms with Crippen LogP contribution in [-0.4, -0.2) is 17.9 Å². The molecule has 0 saturated heterocycles. The summed E-state index contributed by atoms with van der Waals surface area (Å²) >= 11 is 0. The van der Waals surface area contributed by atoms with Gasteiger partial charge in [0, 0.05) is 0 Å². The first kappa shape index (κ1) is 15.8. The Hall–Kier alpha value is -3.07. The van der Waals surface area contributed by atoms with E-state index >= 15 is 0 Å². The van der Waals surface area contributed by atoms with Crippen LogP contribution < -0.4 is 0 Å². The Labute approximate surface area is 168 Å². The molecular weight excluding hydrogens is 360 g/mol. The van der Waals surface area contributed by atoms with Crippen molar-refractivity contribution in [1.29, 1.82) is 0 Å². The average Bonchev–Trinajstić information content (AvgIpc) is 3.39. The van der Waals surface area contributed by atoms with E-state index in [4.69, 9.17) is 0 Å². The van der Waals surface area contributed by atoms with E-state index < -0.39 is 0 Å². The molecule has 3 heteroatoms. The van der Waals surface area contributed by atoms with E-state index in [1.807, 2.05) is 18.2 Å². The molecule has 140 valence electrons. The molecule has 7 rings (SSSR count). The van der Waals surface area contributed by atoms with Crippen molar-refractivity contribution in [3.8, 4) is 0 Å². The zero-order chi connectivity index (χ0) is 19.6. The van der Waals surface area contributed by atoms with Gasteiger partial charge in [-0.05, 0) is 50.4 Å². The topological polar surface area (TPSA) is 51.2 Å². The molecule has 2 aromatic carbocycles. The van der Waals surface area contributed by atoms with Crippen molar-refractivity contribution in [2.45, 2.75) is 42.4 Å². The van der Waals surface area contributed by atoms with Crippen molar-refractivity contribution in [1.82, 2.24) is 0 Å². The van der Waals surface area contributed by atoms with Gasteiger partial charge in [-0.15, -0.1) is 0 Å². The van der Waals surface area contributed by atoms with Crippen LogP contribution in [-0.2, 0) is 14.4 Å². The van der Waals surface area contributed by atoms with Crippen molar-refractivity contribution >= 4 is 17.9 Å². The summed E-state index contributed by atoms with van der Waals surface area (Å²) in [4.78, 5) is 37.5. The maximum atomic E-state index is 13.3. The maximum absolute atomic E-state index is 13.3. The molecular formula is C26H18O3.